The number of benzene rings is 1. The molecule has 158 valence electrons. The number of nitrogens with two attached hydrogens (primary N) is 1. The van der Waals surface area contributed by atoms with Crippen LogP contribution in [0.2, 0.25) is 0 Å². The zero-order valence-corrected chi connectivity index (χ0v) is 17.7. The van der Waals surface area contributed by atoms with Gasteiger partial charge in [-0.25, -0.2) is 0 Å². The Bertz CT molecular complexity index is 793. The van der Waals surface area contributed by atoms with E-state index in [9.17, 15) is 9.59 Å². The summed E-state index contributed by atoms with van der Waals surface area (Å²) in [6, 6.07) is 8.91. The quantitative estimate of drug-likeness (QED) is 0.419. The summed E-state index contributed by atoms with van der Waals surface area (Å²) < 4.78 is 10.9. The van der Waals surface area contributed by atoms with Crippen LogP contribution in [0.3, 0.4) is 0 Å². The molecule has 1 unspecified atom stereocenters. The van der Waals surface area contributed by atoms with Crippen molar-refractivity contribution in [2.45, 2.75) is 38.8 Å². The van der Waals surface area contributed by atoms with Crippen LogP contribution >= 0.6 is 12.6 Å². The molecule has 0 fully saturated rings. The number of furan rings is 1. The Kier molecular flexibility index (Phi) is 9.08. The minimum absolute atomic E-state index is 0.0317. The van der Waals surface area contributed by atoms with Crippen molar-refractivity contribution in [1.29, 1.82) is 0 Å². The third kappa shape index (κ3) is 7.47. The molecular weight excluding hydrogens is 390 g/mol. The SMILES string of the molecule is CC(C)c1ccc(OCCC(N)CS)cc1C(=O)NCC(=O)NCc1ccco1. The first kappa shape index (κ1) is 22.8. The molecule has 8 heteroatoms. The van der Waals surface area contributed by atoms with Crippen molar-refractivity contribution < 1.29 is 18.7 Å². The second-order valence-electron chi connectivity index (χ2n) is 7.02. The van der Waals surface area contributed by atoms with Crippen LogP contribution in [0.4, 0.5) is 0 Å². The lowest BCUT2D eigenvalue weighted by Gasteiger charge is -2.16. The standard InChI is InChI=1S/C21H29N3O4S/c1-14(2)18-6-5-16(28-9-7-15(22)13-29)10-19(18)21(26)24-12-20(25)23-11-17-4-3-8-27-17/h3-6,8,10,14-15,29H,7,9,11-13,22H2,1-2H3,(H,23,25)(H,24,26). The van der Waals surface area contributed by atoms with Crippen molar-refractivity contribution in [3.05, 3.63) is 53.5 Å². The minimum atomic E-state index is -0.320. The molecule has 1 aromatic carbocycles. The highest BCUT2D eigenvalue weighted by atomic mass is 32.1. The molecule has 0 spiro atoms. The van der Waals surface area contributed by atoms with E-state index in [1.807, 2.05) is 26.0 Å². The molecule has 2 aromatic rings. The molecule has 1 atom stereocenters. The van der Waals surface area contributed by atoms with Crippen LogP contribution in [-0.2, 0) is 11.3 Å². The first-order valence-corrected chi connectivity index (χ1v) is 10.2. The molecule has 1 heterocycles. The molecule has 2 rings (SSSR count). The summed E-state index contributed by atoms with van der Waals surface area (Å²) in [4.78, 5) is 24.7. The summed E-state index contributed by atoms with van der Waals surface area (Å²) in [5.74, 6) is 1.36. The molecule has 1 aromatic heterocycles. The summed E-state index contributed by atoms with van der Waals surface area (Å²) in [6.45, 7) is 4.61. The molecule has 0 saturated carbocycles. The monoisotopic (exact) mass is 419 g/mol. The zero-order valence-electron chi connectivity index (χ0n) is 16.8. The van der Waals surface area contributed by atoms with E-state index in [-0.39, 0.29) is 36.9 Å². The van der Waals surface area contributed by atoms with Crippen LogP contribution in [-0.4, -0.2) is 36.8 Å². The second kappa shape index (κ2) is 11.5. The van der Waals surface area contributed by atoms with Crippen molar-refractivity contribution >= 4 is 24.4 Å². The van der Waals surface area contributed by atoms with Crippen molar-refractivity contribution in [2.24, 2.45) is 5.73 Å². The van der Waals surface area contributed by atoms with Gasteiger partial charge in [0.05, 0.1) is 26.0 Å². The number of rotatable bonds is 11. The van der Waals surface area contributed by atoms with Crippen LogP contribution in [0, 0.1) is 0 Å². The van der Waals surface area contributed by atoms with Gasteiger partial charge in [0.1, 0.15) is 11.5 Å². The predicted octanol–water partition coefficient (Wildman–Crippen LogP) is 2.48. The Balaban J connectivity index is 1.95. The number of thiol groups is 1. The van der Waals surface area contributed by atoms with E-state index in [2.05, 4.69) is 23.3 Å². The molecule has 29 heavy (non-hydrogen) atoms. The number of hydrogen-bond acceptors (Lipinski definition) is 6. The van der Waals surface area contributed by atoms with E-state index in [4.69, 9.17) is 14.9 Å². The van der Waals surface area contributed by atoms with Crippen LogP contribution in [0.1, 0.15) is 47.9 Å². The van der Waals surface area contributed by atoms with E-state index in [0.717, 1.165) is 5.56 Å². The maximum atomic E-state index is 12.7. The average Bonchev–Trinajstić information content (AvgIpc) is 3.23. The molecule has 7 nitrogen and oxygen atoms in total. The van der Waals surface area contributed by atoms with Crippen molar-refractivity contribution in [2.75, 3.05) is 18.9 Å². The number of ether oxygens (including phenoxy) is 1. The Morgan fingerprint density at radius 3 is 2.69 bits per heavy atom. The fourth-order valence-electron chi connectivity index (χ4n) is 2.66. The number of hydrogen-bond donors (Lipinski definition) is 4. The number of carbonyl (C=O) groups is 2. The van der Waals surface area contributed by atoms with Gasteiger partial charge in [0, 0.05) is 17.4 Å². The predicted molar refractivity (Wildman–Crippen MR) is 115 cm³/mol. The highest BCUT2D eigenvalue weighted by Gasteiger charge is 2.16. The van der Waals surface area contributed by atoms with E-state index in [0.29, 0.717) is 35.9 Å². The van der Waals surface area contributed by atoms with E-state index >= 15 is 0 Å². The minimum Gasteiger partial charge on any atom is -0.494 e. The highest BCUT2D eigenvalue weighted by molar-refractivity contribution is 7.80. The third-order valence-corrected chi connectivity index (χ3v) is 4.80. The Labute approximate surface area is 176 Å². The Morgan fingerprint density at radius 1 is 1.24 bits per heavy atom. The van der Waals surface area contributed by atoms with Gasteiger partial charge >= 0.3 is 0 Å². The van der Waals surface area contributed by atoms with E-state index < -0.39 is 0 Å². The number of amides is 2. The highest BCUT2D eigenvalue weighted by Crippen LogP contribution is 2.24. The molecule has 4 N–H and O–H groups in total. The number of carbonyl (C=O) groups excluding carboxylic acids is 2. The van der Waals surface area contributed by atoms with Gasteiger partial charge in [0.2, 0.25) is 5.91 Å². The summed E-state index contributed by atoms with van der Waals surface area (Å²) in [7, 11) is 0. The largest absolute Gasteiger partial charge is 0.494 e. The van der Waals surface area contributed by atoms with Crippen LogP contribution in [0.25, 0.3) is 0 Å². The van der Waals surface area contributed by atoms with Crippen LogP contribution in [0.5, 0.6) is 5.75 Å². The maximum Gasteiger partial charge on any atom is 0.252 e. The normalized spacial score (nSPS) is 11.9. The third-order valence-electron chi connectivity index (χ3n) is 4.33. The van der Waals surface area contributed by atoms with Gasteiger partial charge in [-0.1, -0.05) is 19.9 Å². The number of nitrogens with one attached hydrogen (secondary N) is 2. The second-order valence-corrected chi connectivity index (χ2v) is 7.39. The summed E-state index contributed by atoms with van der Waals surface area (Å²) >= 11 is 4.16. The smallest absolute Gasteiger partial charge is 0.252 e. The summed E-state index contributed by atoms with van der Waals surface area (Å²) in [5.41, 5.74) is 7.22. The fraction of sp³-hybridized carbons (Fsp3) is 0.429. The molecule has 0 aliphatic heterocycles. The van der Waals surface area contributed by atoms with E-state index in [1.165, 1.54) is 6.26 Å². The summed E-state index contributed by atoms with van der Waals surface area (Å²) in [5, 5.41) is 5.36. The van der Waals surface area contributed by atoms with Gasteiger partial charge in [-0.15, -0.1) is 0 Å². The van der Waals surface area contributed by atoms with Crippen LogP contribution in [0.15, 0.2) is 41.0 Å². The Hall–Kier alpha value is -2.45. The molecule has 0 aliphatic carbocycles. The maximum absolute atomic E-state index is 12.7. The lowest BCUT2D eigenvalue weighted by Crippen LogP contribution is -2.37. The average molecular weight is 420 g/mol. The van der Waals surface area contributed by atoms with E-state index in [1.54, 1.807) is 18.2 Å². The summed E-state index contributed by atoms with van der Waals surface area (Å²) in [6.07, 6.45) is 2.21. The molecule has 0 saturated heterocycles. The fourth-order valence-corrected chi connectivity index (χ4v) is 2.84. The van der Waals surface area contributed by atoms with Gasteiger partial charge in [0.25, 0.3) is 5.91 Å². The van der Waals surface area contributed by atoms with Gasteiger partial charge in [-0.05, 0) is 42.2 Å². The van der Waals surface area contributed by atoms with Gasteiger partial charge in [0.15, 0.2) is 0 Å². The van der Waals surface area contributed by atoms with Crippen molar-refractivity contribution in [3.8, 4) is 5.75 Å². The van der Waals surface area contributed by atoms with Crippen molar-refractivity contribution in [3.63, 3.8) is 0 Å². The van der Waals surface area contributed by atoms with Gasteiger partial charge in [-0.3, -0.25) is 9.59 Å². The molecular formula is C21H29N3O4S. The molecule has 2 amide bonds. The topological polar surface area (TPSA) is 107 Å². The zero-order chi connectivity index (χ0) is 21.2. The Morgan fingerprint density at radius 2 is 2.03 bits per heavy atom. The van der Waals surface area contributed by atoms with Gasteiger partial charge < -0.3 is 25.5 Å². The first-order valence-electron chi connectivity index (χ1n) is 9.61. The van der Waals surface area contributed by atoms with Crippen molar-refractivity contribution in [1.82, 2.24) is 10.6 Å². The van der Waals surface area contributed by atoms with Crippen LogP contribution < -0.4 is 21.1 Å². The molecule has 0 bridgehead atoms. The lowest BCUT2D eigenvalue weighted by molar-refractivity contribution is -0.120. The first-order chi connectivity index (χ1) is 13.9. The lowest BCUT2D eigenvalue weighted by atomic mass is 9.96. The molecule has 0 aliphatic rings. The molecule has 0 radical (unpaired) electrons. The van der Waals surface area contributed by atoms with Gasteiger partial charge in [-0.2, -0.15) is 12.6 Å².